The summed E-state index contributed by atoms with van der Waals surface area (Å²) in [6, 6.07) is 17.9. The lowest BCUT2D eigenvalue weighted by Gasteiger charge is -2.25. The predicted molar refractivity (Wildman–Crippen MR) is 134 cm³/mol. The Bertz CT molecular complexity index is 1270. The number of ether oxygens (including phenoxy) is 1. The fourth-order valence-corrected chi connectivity index (χ4v) is 5.63. The summed E-state index contributed by atoms with van der Waals surface area (Å²) in [5.74, 6) is 1.38. The summed E-state index contributed by atoms with van der Waals surface area (Å²) in [5.41, 5.74) is 2.55. The number of benzene rings is 2. The smallest absolute Gasteiger partial charge is 0.273 e. The summed E-state index contributed by atoms with van der Waals surface area (Å²) in [5, 5.41) is 13.1. The normalized spacial score (nSPS) is 13.9. The summed E-state index contributed by atoms with van der Waals surface area (Å²) in [7, 11) is 0. The minimum atomic E-state index is -0.0389. The molecule has 7 nitrogen and oxygen atoms in total. The lowest BCUT2D eigenvalue weighted by molar-refractivity contribution is 0.0299. The number of halogens is 1. The molecule has 1 fully saturated rings. The van der Waals surface area contributed by atoms with Gasteiger partial charge in [0.1, 0.15) is 16.5 Å². The zero-order valence-electron chi connectivity index (χ0n) is 18.3. The molecule has 0 spiro atoms. The Kier molecular flexibility index (Phi) is 7.24. The maximum Gasteiger partial charge on any atom is 0.273 e. The van der Waals surface area contributed by atoms with Gasteiger partial charge >= 0.3 is 0 Å². The van der Waals surface area contributed by atoms with Gasteiger partial charge in [-0.3, -0.25) is 9.36 Å². The van der Waals surface area contributed by atoms with Gasteiger partial charge in [0, 0.05) is 29.9 Å². The fourth-order valence-electron chi connectivity index (χ4n) is 3.69. The van der Waals surface area contributed by atoms with Gasteiger partial charge in [0.05, 0.1) is 24.7 Å². The Labute approximate surface area is 210 Å². The topological polar surface area (TPSA) is 73.1 Å². The Morgan fingerprint density at radius 3 is 2.71 bits per heavy atom. The van der Waals surface area contributed by atoms with Crippen LogP contribution >= 0.6 is 34.7 Å². The zero-order chi connectivity index (χ0) is 23.3. The average Bonchev–Trinajstić information content (AvgIpc) is 3.50. The van der Waals surface area contributed by atoms with Crippen molar-refractivity contribution in [1.82, 2.24) is 24.6 Å². The minimum absolute atomic E-state index is 0.0389. The maximum atomic E-state index is 12.7. The van der Waals surface area contributed by atoms with E-state index in [1.165, 1.54) is 11.3 Å². The molecule has 0 aliphatic carbocycles. The number of hydrogen-bond acceptors (Lipinski definition) is 7. The van der Waals surface area contributed by atoms with Crippen molar-refractivity contribution >= 4 is 40.6 Å². The van der Waals surface area contributed by atoms with E-state index in [1.54, 1.807) is 16.7 Å². The fraction of sp³-hybridized carbons (Fsp3) is 0.250. The second kappa shape index (κ2) is 10.7. The van der Waals surface area contributed by atoms with Crippen molar-refractivity contribution in [1.29, 1.82) is 0 Å². The Balaban J connectivity index is 1.35. The van der Waals surface area contributed by atoms with Gasteiger partial charge in [-0.2, -0.15) is 0 Å². The van der Waals surface area contributed by atoms with Gasteiger partial charge in [-0.1, -0.05) is 59.8 Å². The highest BCUT2D eigenvalue weighted by molar-refractivity contribution is 7.98. The summed E-state index contributed by atoms with van der Waals surface area (Å²) in [4.78, 5) is 19.1. The van der Waals surface area contributed by atoms with Crippen molar-refractivity contribution in [2.24, 2.45) is 0 Å². The van der Waals surface area contributed by atoms with Crippen molar-refractivity contribution in [3.63, 3.8) is 0 Å². The van der Waals surface area contributed by atoms with E-state index in [2.05, 4.69) is 27.3 Å². The molecule has 1 amide bonds. The van der Waals surface area contributed by atoms with Crippen LogP contribution in [0.4, 0.5) is 0 Å². The second-order valence-electron chi connectivity index (χ2n) is 7.70. The largest absolute Gasteiger partial charge is 0.378 e. The molecule has 0 saturated carbocycles. The predicted octanol–water partition coefficient (Wildman–Crippen LogP) is 4.73. The van der Waals surface area contributed by atoms with Crippen LogP contribution in [0.5, 0.6) is 0 Å². The van der Waals surface area contributed by atoms with Gasteiger partial charge in [-0.25, -0.2) is 4.98 Å². The van der Waals surface area contributed by atoms with E-state index in [0.717, 1.165) is 27.2 Å². The maximum absolute atomic E-state index is 12.7. The number of rotatable bonds is 7. The second-order valence-corrected chi connectivity index (χ2v) is 10.0. The minimum Gasteiger partial charge on any atom is -0.378 e. The van der Waals surface area contributed by atoms with Gasteiger partial charge in [0.25, 0.3) is 5.91 Å². The van der Waals surface area contributed by atoms with Gasteiger partial charge < -0.3 is 9.64 Å². The molecule has 0 radical (unpaired) electrons. The summed E-state index contributed by atoms with van der Waals surface area (Å²) in [6.07, 6.45) is 0.649. The van der Waals surface area contributed by atoms with E-state index in [4.69, 9.17) is 16.3 Å². The molecule has 0 N–H and O–H groups in total. The van der Waals surface area contributed by atoms with Crippen LogP contribution in [-0.2, 0) is 16.9 Å². The van der Waals surface area contributed by atoms with Crippen LogP contribution in [0.15, 0.2) is 65.1 Å². The van der Waals surface area contributed by atoms with Crippen LogP contribution in [0.3, 0.4) is 0 Å². The molecule has 2 aromatic carbocycles. The van der Waals surface area contributed by atoms with Crippen molar-refractivity contribution < 1.29 is 9.53 Å². The van der Waals surface area contributed by atoms with Crippen LogP contribution in [0, 0.1) is 0 Å². The Morgan fingerprint density at radius 1 is 1.09 bits per heavy atom. The molecule has 1 saturated heterocycles. The first kappa shape index (κ1) is 23.0. The highest BCUT2D eigenvalue weighted by Gasteiger charge is 2.21. The molecule has 2 aromatic heterocycles. The molecule has 0 atom stereocenters. The van der Waals surface area contributed by atoms with Crippen molar-refractivity contribution in [3.05, 3.63) is 87.1 Å². The van der Waals surface area contributed by atoms with E-state index in [-0.39, 0.29) is 5.91 Å². The first-order chi connectivity index (χ1) is 16.7. The number of morpholine rings is 1. The highest BCUT2D eigenvalue weighted by Crippen LogP contribution is 2.28. The first-order valence-corrected chi connectivity index (χ1v) is 13.1. The summed E-state index contributed by atoms with van der Waals surface area (Å²) < 4.78 is 7.37. The van der Waals surface area contributed by atoms with E-state index < -0.39 is 0 Å². The van der Waals surface area contributed by atoms with Crippen LogP contribution < -0.4 is 0 Å². The van der Waals surface area contributed by atoms with Gasteiger partial charge in [0.15, 0.2) is 5.16 Å². The number of thioether (sulfide) groups is 1. The average molecular weight is 512 g/mol. The monoisotopic (exact) mass is 511 g/mol. The number of hydrogen-bond donors (Lipinski definition) is 0. The van der Waals surface area contributed by atoms with Crippen LogP contribution in [-0.4, -0.2) is 56.9 Å². The SMILES string of the molecule is O=C(c1csc(CSc2nnc(Cc3ccccc3)n2-c2cccc(Cl)c2)n1)N1CCOCC1. The van der Waals surface area contributed by atoms with E-state index in [1.807, 2.05) is 52.4 Å². The van der Waals surface area contributed by atoms with Crippen molar-refractivity contribution in [2.75, 3.05) is 26.3 Å². The molecule has 174 valence electrons. The van der Waals surface area contributed by atoms with Gasteiger partial charge in [-0.05, 0) is 23.8 Å². The quantitative estimate of drug-likeness (QED) is 0.334. The number of carbonyl (C=O) groups is 1. The number of thiazole rings is 1. The number of amides is 1. The van der Waals surface area contributed by atoms with E-state index in [9.17, 15) is 4.79 Å². The highest BCUT2D eigenvalue weighted by atomic mass is 35.5. The number of aromatic nitrogens is 4. The third-order valence-electron chi connectivity index (χ3n) is 5.37. The standard InChI is InChI=1S/C24H22ClN5O2S2/c25-18-7-4-8-19(14-18)30-21(13-17-5-2-1-3-6-17)27-28-24(30)34-16-22-26-20(15-33-22)23(31)29-9-11-32-12-10-29/h1-8,14-15H,9-13,16H2. The van der Waals surface area contributed by atoms with Crippen LogP contribution in [0.2, 0.25) is 5.02 Å². The molecule has 34 heavy (non-hydrogen) atoms. The number of carbonyl (C=O) groups excluding carboxylic acids is 1. The molecular formula is C24H22ClN5O2S2. The van der Waals surface area contributed by atoms with Crippen LogP contribution in [0.1, 0.15) is 26.9 Å². The first-order valence-electron chi connectivity index (χ1n) is 10.9. The molecule has 0 unspecified atom stereocenters. The molecule has 1 aliphatic heterocycles. The molecule has 4 aromatic rings. The molecule has 5 rings (SSSR count). The molecule has 10 heteroatoms. The lowest BCUT2D eigenvalue weighted by atomic mass is 10.1. The lowest BCUT2D eigenvalue weighted by Crippen LogP contribution is -2.40. The van der Waals surface area contributed by atoms with Crippen LogP contribution in [0.25, 0.3) is 5.69 Å². The molecule has 1 aliphatic rings. The van der Waals surface area contributed by atoms with Crippen molar-refractivity contribution in [2.45, 2.75) is 17.3 Å². The summed E-state index contributed by atoms with van der Waals surface area (Å²) >= 11 is 9.31. The molecular weight excluding hydrogens is 490 g/mol. The van der Waals surface area contributed by atoms with Gasteiger partial charge in [0.2, 0.25) is 0 Å². The molecule has 0 bridgehead atoms. The number of nitrogens with zero attached hydrogens (tertiary/aromatic N) is 5. The zero-order valence-corrected chi connectivity index (χ0v) is 20.7. The molecule has 3 heterocycles. The van der Waals surface area contributed by atoms with Gasteiger partial charge in [-0.15, -0.1) is 21.5 Å². The summed E-state index contributed by atoms with van der Waals surface area (Å²) in [6.45, 7) is 2.35. The third-order valence-corrected chi connectivity index (χ3v) is 7.57. The Morgan fingerprint density at radius 2 is 1.91 bits per heavy atom. The van der Waals surface area contributed by atoms with E-state index >= 15 is 0 Å². The third kappa shape index (κ3) is 5.33. The van der Waals surface area contributed by atoms with Crippen molar-refractivity contribution in [3.8, 4) is 5.69 Å². The van der Waals surface area contributed by atoms with E-state index in [0.29, 0.717) is 49.2 Å². The Hall–Kier alpha value is -2.72.